The van der Waals surface area contributed by atoms with Crippen LogP contribution in [0.4, 0.5) is 0 Å². The first-order valence-electron chi connectivity index (χ1n) is 5.11. The summed E-state index contributed by atoms with van der Waals surface area (Å²) in [6.45, 7) is 3.64. The Kier molecular flexibility index (Phi) is 5.85. The first kappa shape index (κ1) is 10.7. The normalized spacial score (nSPS) is 17.5. The van der Waals surface area contributed by atoms with Crippen LogP contribution in [0.25, 0.3) is 0 Å². The van der Waals surface area contributed by atoms with Gasteiger partial charge in [0.2, 0.25) is 0 Å². The molecule has 1 fully saturated rings. The average Bonchev–Trinajstić information content (AvgIpc) is 2.19. The summed E-state index contributed by atoms with van der Waals surface area (Å²) in [5.74, 6) is 8.26. The molecule has 0 heterocycles. The van der Waals surface area contributed by atoms with Crippen molar-refractivity contribution in [3.05, 3.63) is 12.0 Å². The quantitative estimate of drug-likeness (QED) is 0.486. The molecular formula is C12H18S. The SMILES string of the molecule is C=CSCC#CCC1CCCCC1. The summed E-state index contributed by atoms with van der Waals surface area (Å²) < 4.78 is 0. The van der Waals surface area contributed by atoms with Crippen LogP contribution in [-0.4, -0.2) is 5.75 Å². The van der Waals surface area contributed by atoms with E-state index >= 15 is 0 Å². The molecule has 0 saturated heterocycles. The Morgan fingerprint density at radius 3 is 2.69 bits per heavy atom. The van der Waals surface area contributed by atoms with Gasteiger partial charge in [-0.2, -0.15) is 0 Å². The summed E-state index contributed by atoms with van der Waals surface area (Å²) in [6, 6.07) is 0. The lowest BCUT2D eigenvalue weighted by Crippen LogP contribution is -2.04. The standard InChI is InChI=1S/C12H18S/c1-2-13-11-7-6-10-12-8-4-3-5-9-12/h2,12H,1,3-5,8-11H2. The van der Waals surface area contributed by atoms with Crippen LogP contribution >= 0.6 is 11.8 Å². The van der Waals surface area contributed by atoms with E-state index in [-0.39, 0.29) is 0 Å². The van der Waals surface area contributed by atoms with E-state index < -0.39 is 0 Å². The van der Waals surface area contributed by atoms with Crippen LogP contribution in [0.5, 0.6) is 0 Å². The van der Waals surface area contributed by atoms with Gasteiger partial charge in [0.05, 0.1) is 5.75 Å². The van der Waals surface area contributed by atoms with Crippen LogP contribution in [0.3, 0.4) is 0 Å². The molecule has 0 aromatic rings. The molecule has 72 valence electrons. The second-order valence-corrected chi connectivity index (χ2v) is 4.49. The third kappa shape index (κ3) is 5.05. The minimum absolute atomic E-state index is 0.898. The molecule has 0 aliphatic heterocycles. The van der Waals surface area contributed by atoms with Crippen LogP contribution in [-0.2, 0) is 0 Å². The van der Waals surface area contributed by atoms with Gasteiger partial charge in [-0.25, -0.2) is 0 Å². The second kappa shape index (κ2) is 7.09. The van der Waals surface area contributed by atoms with Crippen molar-refractivity contribution in [2.24, 2.45) is 5.92 Å². The van der Waals surface area contributed by atoms with Gasteiger partial charge in [0, 0.05) is 6.42 Å². The Balaban J connectivity index is 2.07. The van der Waals surface area contributed by atoms with Crippen molar-refractivity contribution in [2.45, 2.75) is 38.5 Å². The fraction of sp³-hybridized carbons (Fsp3) is 0.667. The molecule has 0 spiro atoms. The summed E-state index contributed by atoms with van der Waals surface area (Å²) >= 11 is 1.68. The van der Waals surface area contributed by atoms with E-state index in [1.54, 1.807) is 11.8 Å². The van der Waals surface area contributed by atoms with Gasteiger partial charge in [0.25, 0.3) is 0 Å². The molecule has 0 unspecified atom stereocenters. The molecule has 0 atom stereocenters. The lowest BCUT2D eigenvalue weighted by Gasteiger charge is -2.18. The van der Waals surface area contributed by atoms with Crippen LogP contribution in [0.1, 0.15) is 38.5 Å². The molecule has 0 radical (unpaired) electrons. The zero-order chi connectivity index (χ0) is 9.36. The first-order chi connectivity index (χ1) is 6.43. The molecule has 0 bridgehead atoms. The molecule has 1 saturated carbocycles. The second-order valence-electron chi connectivity index (χ2n) is 3.54. The Hall–Kier alpha value is -0.350. The maximum absolute atomic E-state index is 3.64. The summed E-state index contributed by atoms with van der Waals surface area (Å²) in [4.78, 5) is 0. The zero-order valence-corrected chi connectivity index (χ0v) is 9.04. The summed E-state index contributed by atoms with van der Waals surface area (Å²) in [5, 5.41) is 1.86. The molecule has 0 amide bonds. The van der Waals surface area contributed by atoms with Crippen LogP contribution < -0.4 is 0 Å². The summed E-state index contributed by atoms with van der Waals surface area (Å²) in [7, 11) is 0. The third-order valence-electron chi connectivity index (χ3n) is 2.51. The Morgan fingerprint density at radius 2 is 2.00 bits per heavy atom. The fourth-order valence-electron chi connectivity index (χ4n) is 1.76. The molecule has 0 aromatic heterocycles. The van der Waals surface area contributed by atoms with Gasteiger partial charge in [-0.05, 0) is 24.2 Å². The van der Waals surface area contributed by atoms with E-state index in [0.29, 0.717) is 0 Å². The van der Waals surface area contributed by atoms with Crippen LogP contribution in [0.15, 0.2) is 12.0 Å². The van der Waals surface area contributed by atoms with E-state index in [9.17, 15) is 0 Å². The number of thioether (sulfide) groups is 1. The van der Waals surface area contributed by atoms with Crippen LogP contribution in [0.2, 0.25) is 0 Å². The van der Waals surface area contributed by atoms with E-state index in [1.807, 2.05) is 5.41 Å². The number of hydrogen-bond donors (Lipinski definition) is 0. The van der Waals surface area contributed by atoms with Crippen molar-refractivity contribution < 1.29 is 0 Å². The zero-order valence-electron chi connectivity index (χ0n) is 8.22. The largest absolute Gasteiger partial charge is 0.122 e. The maximum Gasteiger partial charge on any atom is 0.0588 e. The topological polar surface area (TPSA) is 0 Å². The van der Waals surface area contributed by atoms with E-state index in [4.69, 9.17) is 0 Å². The Morgan fingerprint density at radius 1 is 1.23 bits per heavy atom. The molecule has 1 aliphatic carbocycles. The van der Waals surface area contributed by atoms with Gasteiger partial charge in [-0.1, -0.05) is 31.8 Å². The highest BCUT2D eigenvalue weighted by molar-refractivity contribution is 8.02. The highest BCUT2D eigenvalue weighted by Gasteiger charge is 2.11. The van der Waals surface area contributed by atoms with Gasteiger partial charge in [-0.3, -0.25) is 0 Å². The van der Waals surface area contributed by atoms with Crippen molar-refractivity contribution >= 4 is 11.8 Å². The van der Waals surface area contributed by atoms with E-state index in [0.717, 1.165) is 18.1 Å². The Bertz CT molecular complexity index is 191. The van der Waals surface area contributed by atoms with Crippen LogP contribution in [0, 0.1) is 17.8 Å². The lowest BCUT2D eigenvalue weighted by molar-refractivity contribution is 0.365. The summed E-state index contributed by atoms with van der Waals surface area (Å²) in [6.07, 6.45) is 8.22. The third-order valence-corrected chi connectivity index (χ3v) is 3.06. The number of rotatable bonds is 3. The minimum Gasteiger partial charge on any atom is -0.122 e. The molecule has 0 nitrogen and oxygen atoms in total. The predicted molar refractivity (Wildman–Crippen MR) is 61.6 cm³/mol. The molecule has 1 aliphatic rings. The van der Waals surface area contributed by atoms with Gasteiger partial charge in [-0.15, -0.1) is 17.7 Å². The average molecular weight is 194 g/mol. The van der Waals surface area contributed by atoms with E-state index in [1.165, 1.54) is 32.1 Å². The van der Waals surface area contributed by atoms with Gasteiger partial charge in [0.1, 0.15) is 0 Å². The van der Waals surface area contributed by atoms with Crippen molar-refractivity contribution in [2.75, 3.05) is 5.75 Å². The molecule has 1 rings (SSSR count). The van der Waals surface area contributed by atoms with Crippen molar-refractivity contribution in [1.29, 1.82) is 0 Å². The van der Waals surface area contributed by atoms with Gasteiger partial charge < -0.3 is 0 Å². The maximum atomic E-state index is 3.64. The Labute approximate surface area is 86.2 Å². The summed E-state index contributed by atoms with van der Waals surface area (Å²) in [5.41, 5.74) is 0. The molecule has 0 N–H and O–H groups in total. The molecular weight excluding hydrogens is 176 g/mol. The molecule has 0 aromatic carbocycles. The fourth-order valence-corrected chi connectivity index (χ4v) is 2.06. The molecule has 1 heteroatoms. The highest BCUT2D eigenvalue weighted by Crippen LogP contribution is 2.25. The van der Waals surface area contributed by atoms with Gasteiger partial charge in [0.15, 0.2) is 0 Å². The first-order valence-corrected chi connectivity index (χ1v) is 6.16. The number of hydrogen-bond acceptors (Lipinski definition) is 1. The van der Waals surface area contributed by atoms with Crippen molar-refractivity contribution in [1.82, 2.24) is 0 Å². The lowest BCUT2D eigenvalue weighted by atomic mass is 9.87. The smallest absolute Gasteiger partial charge is 0.0588 e. The predicted octanol–water partition coefficient (Wildman–Crippen LogP) is 3.84. The molecule has 13 heavy (non-hydrogen) atoms. The minimum atomic E-state index is 0.898. The van der Waals surface area contributed by atoms with Crippen molar-refractivity contribution in [3.63, 3.8) is 0 Å². The van der Waals surface area contributed by atoms with E-state index in [2.05, 4.69) is 18.4 Å². The van der Waals surface area contributed by atoms with Gasteiger partial charge >= 0.3 is 0 Å². The monoisotopic (exact) mass is 194 g/mol. The van der Waals surface area contributed by atoms with Crippen molar-refractivity contribution in [3.8, 4) is 11.8 Å². The highest BCUT2D eigenvalue weighted by atomic mass is 32.2.